The highest BCUT2D eigenvalue weighted by Gasteiger charge is 2.19. The van der Waals surface area contributed by atoms with E-state index in [4.69, 9.17) is 13.9 Å². The Labute approximate surface area is 136 Å². The van der Waals surface area contributed by atoms with Crippen molar-refractivity contribution in [2.45, 2.75) is 6.61 Å². The number of hydrogen-bond acceptors (Lipinski definition) is 6. The number of fused-ring (bicyclic) bond motifs is 1. The summed E-state index contributed by atoms with van der Waals surface area (Å²) < 4.78 is 15.6. The molecule has 0 bridgehead atoms. The van der Waals surface area contributed by atoms with Crippen molar-refractivity contribution in [1.29, 1.82) is 0 Å². The molecule has 0 saturated heterocycles. The smallest absolute Gasteiger partial charge is 0.379 e. The number of hydrogen-bond donors (Lipinski definition) is 0. The van der Waals surface area contributed by atoms with E-state index < -0.39 is 10.5 Å². The molecule has 0 fully saturated rings. The number of nitrogens with zero attached hydrogens (tertiary/aromatic N) is 1. The number of rotatable bonds is 5. The molecule has 0 saturated carbocycles. The summed E-state index contributed by atoms with van der Waals surface area (Å²) in [7, 11) is 1.32. The van der Waals surface area contributed by atoms with Crippen molar-refractivity contribution in [1.82, 2.24) is 0 Å². The molecule has 0 atom stereocenters. The molecule has 122 valence electrons. The molecule has 0 radical (unpaired) electrons. The van der Waals surface area contributed by atoms with E-state index in [1.807, 2.05) is 30.3 Å². The highest BCUT2D eigenvalue weighted by molar-refractivity contribution is 5.83. The fourth-order valence-corrected chi connectivity index (χ4v) is 2.25. The third-order valence-electron chi connectivity index (χ3n) is 3.44. The maximum absolute atomic E-state index is 11.7. The molecule has 0 spiro atoms. The van der Waals surface area contributed by atoms with E-state index in [1.165, 1.54) is 25.3 Å². The molecule has 3 rings (SSSR count). The topological polar surface area (TPSA) is 91.8 Å². The van der Waals surface area contributed by atoms with E-state index >= 15 is 0 Å². The molecule has 0 aliphatic heterocycles. The molecule has 3 aromatic rings. The first-order valence-corrected chi connectivity index (χ1v) is 7.05. The molecule has 2 aromatic carbocycles. The Morgan fingerprint density at radius 3 is 2.54 bits per heavy atom. The molecule has 1 aromatic heterocycles. The summed E-state index contributed by atoms with van der Waals surface area (Å²) in [5.74, 6) is 0.0134. The first kappa shape index (κ1) is 15.5. The molecule has 0 aliphatic rings. The summed E-state index contributed by atoms with van der Waals surface area (Å²) in [6.45, 7) is 0.160. The average Bonchev–Trinajstić information content (AvgIpc) is 2.59. The van der Waals surface area contributed by atoms with E-state index in [-0.39, 0.29) is 29.4 Å². The van der Waals surface area contributed by atoms with Crippen LogP contribution in [-0.2, 0) is 6.61 Å². The standard InChI is InChI=1S/C17H13NO6/c1-22-16-8-12-7-13(18(20)21)15(9-14(12)24-17(16)19)23-10-11-5-3-2-4-6-11/h2-9H,10H2,1H3. The quantitative estimate of drug-likeness (QED) is 0.405. The van der Waals surface area contributed by atoms with Gasteiger partial charge in [-0.25, -0.2) is 4.79 Å². The third-order valence-corrected chi connectivity index (χ3v) is 3.44. The predicted molar refractivity (Wildman–Crippen MR) is 86.5 cm³/mol. The van der Waals surface area contributed by atoms with Crippen molar-refractivity contribution < 1.29 is 18.8 Å². The van der Waals surface area contributed by atoms with Crippen LogP contribution in [0.1, 0.15) is 5.56 Å². The summed E-state index contributed by atoms with van der Waals surface area (Å²) in [6, 6.07) is 13.3. The lowest BCUT2D eigenvalue weighted by Gasteiger charge is -2.08. The fraction of sp³-hybridized carbons (Fsp3) is 0.118. The maximum atomic E-state index is 11.7. The van der Waals surface area contributed by atoms with Crippen LogP contribution in [0.4, 0.5) is 5.69 Å². The Morgan fingerprint density at radius 2 is 1.88 bits per heavy atom. The summed E-state index contributed by atoms with van der Waals surface area (Å²) in [6.07, 6.45) is 0. The van der Waals surface area contributed by atoms with Crippen LogP contribution in [0.2, 0.25) is 0 Å². The molecule has 0 N–H and O–H groups in total. The monoisotopic (exact) mass is 327 g/mol. The molecule has 0 unspecified atom stereocenters. The van der Waals surface area contributed by atoms with E-state index in [1.54, 1.807) is 0 Å². The summed E-state index contributed by atoms with van der Waals surface area (Å²) in [4.78, 5) is 22.5. The number of nitro groups is 1. The summed E-state index contributed by atoms with van der Waals surface area (Å²) >= 11 is 0. The van der Waals surface area contributed by atoms with Crippen LogP contribution in [0.3, 0.4) is 0 Å². The van der Waals surface area contributed by atoms with Gasteiger partial charge in [-0.2, -0.15) is 0 Å². The van der Waals surface area contributed by atoms with Gasteiger partial charge in [-0.05, 0) is 11.6 Å². The first-order chi connectivity index (χ1) is 11.6. The highest BCUT2D eigenvalue weighted by atomic mass is 16.6. The van der Waals surface area contributed by atoms with Gasteiger partial charge in [0.2, 0.25) is 11.5 Å². The number of ether oxygens (including phenoxy) is 2. The lowest BCUT2D eigenvalue weighted by molar-refractivity contribution is -0.385. The summed E-state index contributed by atoms with van der Waals surface area (Å²) in [5, 5.41) is 11.7. The molecule has 1 heterocycles. The zero-order valence-corrected chi connectivity index (χ0v) is 12.7. The SMILES string of the molecule is COc1cc2cc([N+](=O)[O-])c(OCc3ccccc3)cc2oc1=O. The van der Waals surface area contributed by atoms with Crippen LogP contribution < -0.4 is 15.1 Å². The van der Waals surface area contributed by atoms with Gasteiger partial charge in [-0.1, -0.05) is 30.3 Å². The highest BCUT2D eigenvalue weighted by Crippen LogP contribution is 2.33. The van der Waals surface area contributed by atoms with Crippen molar-refractivity contribution in [3.63, 3.8) is 0 Å². The number of nitro benzene ring substituents is 1. The van der Waals surface area contributed by atoms with Crippen molar-refractivity contribution >= 4 is 16.7 Å². The van der Waals surface area contributed by atoms with Crippen LogP contribution in [0.15, 0.2) is 57.7 Å². The normalized spacial score (nSPS) is 10.5. The molecular formula is C17H13NO6. The predicted octanol–water partition coefficient (Wildman–Crippen LogP) is 3.29. The second-order valence-corrected chi connectivity index (χ2v) is 4.99. The van der Waals surface area contributed by atoms with Crippen molar-refractivity contribution in [3.8, 4) is 11.5 Å². The van der Waals surface area contributed by atoms with E-state index in [9.17, 15) is 14.9 Å². The zero-order chi connectivity index (χ0) is 17.1. The van der Waals surface area contributed by atoms with Gasteiger partial charge in [0.05, 0.1) is 12.0 Å². The minimum Gasteiger partial charge on any atom is -0.490 e. The van der Waals surface area contributed by atoms with Crippen LogP contribution in [0, 0.1) is 10.1 Å². The molecule has 0 aliphatic carbocycles. The van der Waals surface area contributed by atoms with E-state index in [0.29, 0.717) is 5.39 Å². The van der Waals surface area contributed by atoms with Gasteiger partial charge in [-0.15, -0.1) is 0 Å². The second kappa shape index (κ2) is 6.41. The van der Waals surface area contributed by atoms with Gasteiger partial charge in [0, 0.05) is 17.5 Å². The Morgan fingerprint density at radius 1 is 1.12 bits per heavy atom. The van der Waals surface area contributed by atoms with Crippen molar-refractivity contribution in [2.24, 2.45) is 0 Å². The van der Waals surface area contributed by atoms with Gasteiger partial charge in [0.15, 0.2) is 0 Å². The van der Waals surface area contributed by atoms with E-state index in [2.05, 4.69) is 0 Å². The van der Waals surface area contributed by atoms with Crippen LogP contribution in [0.5, 0.6) is 11.5 Å². The van der Waals surface area contributed by atoms with Crippen LogP contribution >= 0.6 is 0 Å². The van der Waals surface area contributed by atoms with Gasteiger partial charge in [0.1, 0.15) is 12.2 Å². The van der Waals surface area contributed by atoms with Gasteiger partial charge >= 0.3 is 11.3 Å². The largest absolute Gasteiger partial charge is 0.490 e. The number of methoxy groups -OCH3 is 1. The van der Waals surface area contributed by atoms with Crippen molar-refractivity contribution in [3.05, 3.63) is 74.6 Å². The van der Waals surface area contributed by atoms with Crippen molar-refractivity contribution in [2.75, 3.05) is 7.11 Å². The minimum atomic E-state index is -0.659. The fourth-order valence-electron chi connectivity index (χ4n) is 2.25. The molecule has 7 heteroatoms. The Bertz CT molecular complexity index is 948. The average molecular weight is 327 g/mol. The van der Waals surface area contributed by atoms with Gasteiger partial charge in [-0.3, -0.25) is 10.1 Å². The van der Waals surface area contributed by atoms with Gasteiger partial charge < -0.3 is 13.9 Å². The molecule has 24 heavy (non-hydrogen) atoms. The first-order valence-electron chi connectivity index (χ1n) is 7.05. The summed E-state index contributed by atoms with van der Waals surface area (Å²) in [5.41, 5.74) is 0.180. The van der Waals surface area contributed by atoms with Crippen LogP contribution in [0.25, 0.3) is 11.0 Å². The lowest BCUT2D eigenvalue weighted by atomic mass is 10.2. The zero-order valence-electron chi connectivity index (χ0n) is 12.7. The molecular weight excluding hydrogens is 314 g/mol. The van der Waals surface area contributed by atoms with E-state index in [0.717, 1.165) is 5.56 Å². The van der Waals surface area contributed by atoms with Crippen LogP contribution in [-0.4, -0.2) is 12.0 Å². The Hall–Kier alpha value is -3.35. The Kier molecular flexibility index (Phi) is 4.15. The Balaban J connectivity index is 2.03. The van der Waals surface area contributed by atoms with Gasteiger partial charge in [0.25, 0.3) is 0 Å². The lowest BCUT2D eigenvalue weighted by Crippen LogP contribution is -2.04. The molecule has 7 nitrogen and oxygen atoms in total. The minimum absolute atomic E-state index is 0.0187. The second-order valence-electron chi connectivity index (χ2n) is 4.99. The maximum Gasteiger partial charge on any atom is 0.379 e. The molecule has 0 amide bonds. The number of benzene rings is 2. The third kappa shape index (κ3) is 3.05.